The van der Waals surface area contributed by atoms with Crippen LogP contribution in [0.4, 0.5) is 0 Å². The Morgan fingerprint density at radius 2 is 1.20 bits per heavy atom. The molecule has 0 aromatic heterocycles. The third kappa shape index (κ3) is 17.5. The smallest absolute Gasteiger partial charge is 0.328 e. The number of nitrogens with two attached hydrogens (primary N) is 1. The summed E-state index contributed by atoms with van der Waals surface area (Å²) in [7, 11) is 0. The Bertz CT molecular complexity index is 1960. The van der Waals surface area contributed by atoms with Gasteiger partial charge in [-0.1, -0.05) is 78.3 Å². The van der Waals surface area contributed by atoms with Gasteiger partial charge in [-0.3, -0.25) is 38.4 Å². The van der Waals surface area contributed by atoms with Gasteiger partial charge in [-0.2, -0.15) is 11.8 Å². The molecule has 10 N–H and O–H groups in total. The molecule has 0 aliphatic carbocycles. The molecule has 1 aromatic carbocycles. The van der Waals surface area contributed by atoms with E-state index in [4.69, 9.17) is 5.73 Å². The van der Waals surface area contributed by atoms with Gasteiger partial charge >= 0.3 is 5.97 Å². The molecule has 1 aromatic rings. The lowest BCUT2D eigenvalue weighted by Crippen LogP contribution is -2.60. The molecule has 0 unspecified atom stereocenters. The van der Waals surface area contributed by atoms with Crippen molar-refractivity contribution in [2.75, 3.05) is 25.1 Å². The number of hydrogen-bond donors (Lipinski definition) is 9. The highest BCUT2D eigenvalue weighted by Gasteiger charge is 2.45. The molecular formula is C49H79N9O11S. The first-order valence-corrected chi connectivity index (χ1v) is 26.0. The van der Waals surface area contributed by atoms with Crippen molar-refractivity contribution in [1.82, 2.24) is 41.7 Å². The topological polar surface area (TPSA) is 299 Å². The fraction of sp³-hybridized carbons (Fsp3) is 0.694. The zero-order chi connectivity index (χ0) is 52.4. The Kier molecular flexibility index (Phi) is 24.1. The monoisotopic (exact) mass is 1000 g/mol. The summed E-state index contributed by atoms with van der Waals surface area (Å²) in [5.74, 6) is -6.01. The normalized spacial score (nSPS) is 19.7. The summed E-state index contributed by atoms with van der Waals surface area (Å²) >= 11 is 1.45. The molecule has 2 aliphatic heterocycles. The number of carboxylic acids is 1. The van der Waals surface area contributed by atoms with E-state index in [0.717, 1.165) is 0 Å². The number of benzene rings is 1. The summed E-state index contributed by atoms with van der Waals surface area (Å²) in [5.41, 5.74) is 6.84. The second-order valence-electron chi connectivity index (χ2n) is 19.6. The van der Waals surface area contributed by atoms with Crippen LogP contribution in [0.1, 0.15) is 112 Å². The third-order valence-corrected chi connectivity index (χ3v) is 13.5. The fourth-order valence-electron chi connectivity index (χ4n) is 8.58. The largest absolute Gasteiger partial charge is 0.480 e. The van der Waals surface area contributed by atoms with E-state index < -0.39 is 114 Å². The van der Waals surface area contributed by atoms with E-state index >= 15 is 0 Å². The summed E-state index contributed by atoms with van der Waals surface area (Å²) in [5, 5.41) is 35.7. The maximum absolute atomic E-state index is 14.5. The molecule has 11 atom stereocenters. The zero-order valence-electron chi connectivity index (χ0n) is 42.3. The number of rotatable bonds is 27. The summed E-state index contributed by atoms with van der Waals surface area (Å²) < 4.78 is 0. The number of aliphatic hydroxyl groups is 1. The molecule has 8 amide bonds. The van der Waals surface area contributed by atoms with Crippen molar-refractivity contribution < 1.29 is 53.4 Å². The van der Waals surface area contributed by atoms with Crippen LogP contribution >= 0.6 is 11.8 Å². The number of aliphatic carboxylic acids is 1. The first-order chi connectivity index (χ1) is 33.0. The van der Waals surface area contributed by atoms with Crippen molar-refractivity contribution in [2.45, 2.75) is 174 Å². The second kappa shape index (κ2) is 28.5. The van der Waals surface area contributed by atoms with E-state index in [-0.39, 0.29) is 62.9 Å². The molecule has 0 saturated carbocycles. The zero-order valence-corrected chi connectivity index (χ0v) is 43.1. The minimum Gasteiger partial charge on any atom is -0.480 e. The van der Waals surface area contributed by atoms with E-state index in [2.05, 4.69) is 31.9 Å². The van der Waals surface area contributed by atoms with Crippen LogP contribution in [-0.4, -0.2) is 159 Å². The first kappa shape index (κ1) is 59.0. The lowest BCUT2D eigenvalue weighted by Gasteiger charge is -2.33. The van der Waals surface area contributed by atoms with Crippen LogP contribution < -0.4 is 37.6 Å². The molecule has 0 spiro atoms. The number of carbonyl (C=O) groups excluding carboxylic acids is 8. The molecule has 0 bridgehead atoms. The van der Waals surface area contributed by atoms with Crippen molar-refractivity contribution in [1.29, 1.82) is 0 Å². The Balaban J connectivity index is 1.83. The number of likely N-dealkylation sites (tertiary alicyclic amines) is 2. The van der Waals surface area contributed by atoms with E-state index in [9.17, 15) is 53.4 Å². The number of carboxylic acid groups (broad SMARTS) is 1. The molecule has 70 heavy (non-hydrogen) atoms. The molecule has 20 nitrogen and oxygen atoms in total. The molecular weight excluding hydrogens is 923 g/mol. The minimum atomic E-state index is -1.58. The van der Waals surface area contributed by atoms with Crippen LogP contribution in [0.15, 0.2) is 30.3 Å². The molecule has 21 heteroatoms. The van der Waals surface area contributed by atoms with Gasteiger partial charge < -0.3 is 57.6 Å². The number of hydrogen-bond acceptors (Lipinski definition) is 12. The predicted octanol–water partition coefficient (Wildman–Crippen LogP) is 0.824. The molecule has 2 saturated heterocycles. The van der Waals surface area contributed by atoms with Gasteiger partial charge in [0.25, 0.3) is 0 Å². The molecule has 2 aliphatic rings. The fourth-order valence-corrected chi connectivity index (χ4v) is 9.05. The predicted molar refractivity (Wildman–Crippen MR) is 266 cm³/mol. The Hall–Kier alpha value is -5.28. The van der Waals surface area contributed by atoms with Gasteiger partial charge in [-0.05, 0) is 94.1 Å². The van der Waals surface area contributed by atoms with Crippen molar-refractivity contribution >= 4 is 65.0 Å². The SMILES string of the molecule is CC[C@H](C)[C@H](N)C(=O)N[C@@H](CC(C)C)C(=O)N[C@@H](C)C(=O)N[C@@H](CC(C)C)C(=O)N[C@@H](Cc1ccccc1)C(=O)N[C@@H](CCSC)C(=O)N1CCC[C@H]1C(=O)N1CCC[C@H]1C(=O)N[C@H](C(=O)O)[C@@H](C)O. The summed E-state index contributed by atoms with van der Waals surface area (Å²) in [4.78, 5) is 125. The number of nitrogens with zero attached hydrogens (tertiary/aromatic N) is 2. The van der Waals surface area contributed by atoms with Crippen molar-refractivity contribution in [2.24, 2.45) is 23.5 Å². The number of nitrogens with one attached hydrogen (secondary N) is 6. The number of aliphatic hydroxyl groups excluding tert-OH is 1. The average Bonchev–Trinajstić information content (AvgIpc) is 4.01. The van der Waals surface area contributed by atoms with E-state index in [1.54, 1.807) is 30.3 Å². The van der Waals surface area contributed by atoms with Crippen molar-refractivity contribution in [3.63, 3.8) is 0 Å². The minimum absolute atomic E-state index is 0.00955. The standard InChI is InChI=1S/C49H79N9O11S/c1-10-29(6)39(50)46(65)55-34(24-27(2)3)42(61)51-30(7)41(60)53-35(25-28(4)5)43(62)54-36(26-32-16-12-11-13-17-32)44(63)52-33(20-23-70-9)47(66)58-22-15-19-38(58)48(67)57-21-14-18-37(57)45(64)56-40(31(8)59)49(68)69/h11-13,16-17,27-31,33-40,59H,10,14-15,18-26,50H2,1-9H3,(H,51,61)(H,52,63)(H,53,60)(H,54,62)(H,55,65)(H,56,64)(H,68,69)/t29-,30-,31+,33-,34-,35-,36-,37-,38-,39-,40-/m0/s1. The molecule has 392 valence electrons. The lowest BCUT2D eigenvalue weighted by atomic mass is 9.97. The molecule has 2 fully saturated rings. The van der Waals surface area contributed by atoms with Crippen molar-refractivity contribution in [3.8, 4) is 0 Å². The maximum Gasteiger partial charge on any atom is 0.328 e. The highest BCUT2D eigenvalue weighted by molar-refractivity contribution is 7.98. The first-order valence-electron chi connectivity index (χ1n) is 24.6. The number of thioether (sulfide) groups is 1. The van der Waals surface area contributed by atoms with Crippen LogP contribution in [-0.2, 0) is 49.6 Å². The maximum atomic E-state index is 14.5. The molecule has 3 rings (SSSR count). The van der Waals surface area contributed by atoms with Gasteiger partial charge in [-0.25, -0.2) is 4.79 Å². The van der Waals surface area contributed by atoms with Gasteiger partial charge in [0.2, 0.25) is 47.3 Å². The number of amides is 8. The van der Waals surface area contributed by atoms with Crippen LogP contribution in [0.5, 0.6) is 0 Å². The summed E-state index contributed by atoms with van der Waals surface area (Å²) in [6.45, 7) is 14.4. The highest BCUT2D eigenvalue weighted by Crippen LogP contribution is 2.26. The molecule has 2 heterocycles. The van der Waals surface area contributed by atoms with Crippen LogP contribution in [0.3, 0.4) is 0 Å². The van der Waals surface area contributed by atoms with E-state index in [1.807, 2.05) is 47.8 Å². The average molecular weight is 1000 g/mol. The molecule has 0 radical (unpaired) electrons. The van der Waals surface area contributed by atoms with Crippen LogP contribution in [0.2, 0.25) is 0 Å². The van der Waals surface area contributed by atoms with E-state index in [0.29, 0.717) is 37.0 Å². The van der Waals surface area contributed by atoms with Gasteiger partial charge in [0.15, 0.2) is 6.04 Å². The summed E-state index contributed by atoms with van der Waals surface area (Å²) in [6.07, 6.45) is 3.25. The highest BCUT2D eigenvalue weighted by atomic mass is 32.2. The lowest BCUT2D eigenvalue weighted by molar-refractivity contribution is -0.149. The van der Waals surface area contributed by atoms with Crippen molar-refractivity contribution in [3.05, 3.63) is 35.9 Å². The summed E-state index contributed by atoms with van der Waals surface area (Å²) in [6, 6.07) is -1.05. The van der Waals surface area contributed by atoms with Gasteiger partial charge in [0.05, 0.1) is 12.1 Å². The Morgan fingerprint density at radius 3 is 1.74 bits per heavy atom. The van der Waals surface area contributed by atoms with Gasteiger partial charge in [0, 0.05) is 19.5 Å². The second-order valence-corrected chi connectivity index (χ2v) is 20.5. The van der Waals surface area contributed by atoms with Gasteiger partial charge in [-0.15, -0.1) is 0 Å². The van der Waals surface area contributed by atoms with Crippen LogP contribution in [0, 0.1) is 17.8 Å². The number of carbonyl (C=O) groups is 9. The Labute approximate surface area is 416 Å². The quantitative estimate of drug-likeness (QED) is 0.0591. The van der Waals surface area contributed by atoms with Crippen LogP contribution in [0.25, 0.3) is 0 Å². The van der Waals surface area contributed by atoms with E-state index in [1.165, 1.54) is 35.4 Å². The third-order valence-electron chi connectivity index (χ3n) is 12.8. The van der Waals surface area contributed by atoms with Gasteiger partial charge in [0.1, 0.15) is 42.3 Å². The Morgan fingerprint density at radius 1 is 0.686 bits per heavy atom.